The van der Waals surface area contributed by atoms with Crippen LogP contribution in [-0.4, -0.2) is 22.1 Å². The molecule has 3 rings (SSSR count). The van der Waals surface area contributed by atoms with Crippen molar-refractivity contribution in [1.29, 1.82) is 0 Å². The van der Waals surface area contributed by atoms with E-state index in [2.05, 4.69) is 14.9 Å². The Morgan fingerprint density at radius 2 is 2.39 bits per heavy atom. The standard InChI is InChI=1S/C17H20ClN3O2/c1-12-19-8-10-21(12)9-3-6-16(22)20-15-7-11-23-17-13(15)4-2-5-14(17)18/h2,4-5,8,10,15H,3,6-7,9,11H2,1H3,(H,20,22). The largest absolute Gasteiger partial charge is 0.492 e. The number of imidazole rings is 1. The number of ether oxygens (including phenoxy) is 1. The zero-order valence-corrected chi connectivity index (χ0v) is 13.8. The summed E-state index contributed by atoms with van der Waals surface area (Å²) in [5.74, 6) is 1.72. The molecule has 1 N–H and O–H groups in total. The summed E-state index contributed by atoms with van der Waals surface area (Å²) in [5.41, 5.74) is 0.961. The predicted octanol–water partition coefficient (Wildman–Crippen LogP) is 3.27. The minimum absolute atomic E-state index is 0.0278. The Morgan fingerprint density at radius 1 is 1.52 bits per heavy atom. The van der Waals surface area contributed by atoms with E-state index in [1.807, 2.05) is 25.3 Å². The second kappa shape index (κ2) is 7.04. The van der Waals surface area contributed by atoms with Crippen LogP contribution >= 0.6 is 11.6 Å². The van der Waals surface area contributed by atoms with Gasteiger partial charge >= 0.3 is 0 Å². The quantitative estimate of drug-likeness (QED) is 0.913. The van der Waals surface area contributed by atoms with Gasteiger partial charge in [-0.25, -0.2) is 4.98 Å². The van der Waals surface area contributed by atoms with E-state index in [1.165, 1.54) is 0 Å². The molecular formula is C17H20ClN3O2. The lowest BCUT2D eigenvalue weighted by Gasteiger charge is -2.27. The van der Waals surface area contributed by atoms with Crippen LogP contribution < -0.4 is 10.1 Å². The van der Waals surface area contributed by atoms with E-state index in [1.54, 1.807) is 12.3 Å². The van der Waals surface area contributed by atoms with Crippen LogP contribution in [0.25, 0.3) is 0 Å². The van der Waals surface area contributed by atoms with Crippen molar-refractivity contribution in [2.24, 2.45) is 0 Å². The molecule has 0 radical (unpaired) electrons. The van der Waals surface area contributed by atoms with E-state index in [9.17, 15) is 4.79 Å². The van der Waals surface area contributed by atoms with Gasteiger partial charge in [-0.1, -0.05) is 23.7 Å². The number of halogens is 1. The summed E-state index contributed by atoms with van der Waals surface area (Å²) in [6, 6.07) is 5.62. The van der Waals surface area contributed by atoms with Crippen LogP contribution in [0.1, 0.15) is 36.7 Å². The molecule has 0 bridgehead atoms. The van der Waals surface area contributed by atoms with Crippen molar-refractivity contribution < 1.29 is 9.53 Å². The summed E-state index contributed by atoms with van der Waals surface area (Å²) in [6.07, 6.45) is 5.75. The Hall–Kier alpha value is -2.01. The second-order valence-corrected chi connectivity index (χ2v) is 6.09. The van der Waals surface area contributed by atoms with E-state index < -0.39 is 0 Å². The van der Waals surface area contributed by atoms with Gasteiger partial charge < -0.3 is 14.6 Å². The van der Waals surface area contributed by atoms with E-state index >= 15 is 0 Å². The highest BCUT2D eigenvalue weighted by atomic mass is 35.5. The van der Waals surface area contributed by atoms with Gasteiger partial charge in [0.2, 0.25) is 5.91 Å². The number of hydrogen-bond acceptors (Lipinski definition) is 3. The number of nitrogens with zero attached hydrogens (tertiary/aromatic N) is 2. The van der Waals surface area contributed by atoms with Crippen LogP contribution in [0.3, 0.4) is 0 Å². The summed E-state index contributed by atoms with van der Waals surface area (Å²) in [4.78, 5) is 16.4. The van der Waals surface area contributed by atoms with Crippen molar-refractivity contribution in [2.75, 3.05) is 6.61 Å². The number of nitrogens with one attached hydrogen (secondary N) is 1. The summed E-state index contributed by atoms with van der Waals surface area (Å²) in [6.45, 7) is 3.33. The van der Waals surface area contributed by atoms with E-state index in [0.717, 1.165) is 30.8 Å². The van der Waals surface area contributed by atoms with Crippen molar-refractivity contribution in [3.05, 3.63) is 47.0 Å². The van der Waals surface area contributed by atoms with E-state index in [4.69, 9.17) is 16.3 Å². The number of aryl methyl sites for hydroxylation is 2. The fraction of sp³-hybridized carbons (Fsp3) is 0.412. The van der Waals surface area contributed by atoms with Gasteiger partial charge in [0.05, 0.1) is 17.7 Å². The van der Waals surface area contributed by atoms with Crippen LogP contribution in [0, 0.1) is 6.92 Å². The summed E-state index contributed by atoms with van der Waals surface area (Å²) in [7, 11) is 0. The molecule has 1 aromatic heterocycles. The summed E-state index contributed by atoms with van der Waals surface area (Å²) in [5, 5.41) is 3.69. The number of aromatic nitrogens is 2. The fourth-order valence-electron chi connectivity index (χ4n) is 2.85. The van der Waals surface area contributed by atoms with Gasteiger partial charge in [0.25, 0.3) is 0 Å². The van der Waals surface area contributed by atoms with Crippen LogP contribution in [0.4, 0.5) is 0 Å². The summed E-state index contributed by atoms with van der Waals surface area (Å²) < 4.78 is 7.67. The molecule has 0 spiro atoms. The molecule has 1 aliphatic heterocycles. The molecule has 122 valence electrons. The third-order valence-electron chi connectivity index (χ3n) is 4.09. The zero-order valence-electron chi connectivity index (χ0n) is 13.1. The molecule has 1 atom stereocenters. The molecule has 1 amide bonds. The molecule has 5 nitrogen and oxygen atoms in total. The second-order valence-electron chi connectivity index (χ2n) is 5.69. The molecule has 23 heavy (non-hydrogen) atoms. The Bertz CT molecular complexity index is 699. The third kappa shape index (κ3) is 3.67. The average molecular weight is 334 g/mol. The molecule has 0 fully saturated rings. The molecule has 6 heteroatoms. The summed E-state index contributed by atoms with van der Waals surface area (Å²) >= 11 is 6.15. The smallest absolute Gasteiger partial charge is 0.220 e. The van der Waals surface area contributed by atoms with Gasteiger partial charge in [-0.15, -0.1) is 0 Å². The van der Waals surface area contributed by atoms with E-state index in [0.29, 0.717) is 23.8 Å². The number of fused-ring (bicyclic) bond motifs is 1. The van der Waals surface area contributed by atoms with Crippen molar-refractivity contribution in [3.8, 4) is 5.75 Å². The molecule has 1 aliphatic rings. The number of carbonyl (C=O) groups excluding carboxylic acids is 1. The van der Waals surface area contributed by atoms with E-state index in [-0.39, 0.29) is 11.9 Å². The Labute approximate surface area is 140 Å². The Kier molecular flexibility index (Phi) is 4.86. The van der Waals surface area contributed by atoms with Gasteiger partial charge in [0, 0.05) is 37.3 Å². The van der Waals surface area contributed by atoms with Crippen molar-refractivity contribution in [3.63, 3.8) is 0 Å². The van der Waals surface area contributed by atoms with Crippen LogP contribution in [0.5, 0.6) is 5.75 Å². The van der Waals surface area contributed by atoms with Gasteiger partial charge in [0.1, 0.15) is 11.6 Å². The lowest BCUT2D eigenvalue weighted by atomic mass is 10.0. The molecule has 2 aromatic rings. The minimum Gasteiger partial charge on any atom is -0.492 e. The lowest BCUT2D eigenvalue weighted by Crippen LogP contribution is -2.32. The zero-order chi connectivity index (χ0) is 16.2. The topological polar surface area (TPSA) is 56.2 Å². The third-order valence-corrected chi connectivity index (χ3v) is 4.39. The molecule has 1 aromatic carbocycles. The van der Waals surface area contributed by atoms with Crippen molar-refractivity contribution >= 4 is 17.5 Å². The Morgan fingerprint density at radius 3 is 3.17 bits per heavy atom. The van der Waals surface area contributed by atoms with Gasteiger partial charge in [0.15, 0.2) is 0 Å². The molecule has 1 unspecified atom stereocenters. The van der Waals surface area contributed by atoms with Gasteiger partial charge in [-0.2, -0.15) is 0 Å². The van der Waals surface area contributed by atoms with Crippen LogP contribution in [0.2, 0.25) is 5.02 Å². The van der Waals surface area contributed by atoms with Crippen molar-refractivity contribution in [1.82, 2.24) is 14.9 Å². The molecule has 0 saturated heterocycles. The predicted molar refractivity (Wildman–Crippen MR) is 88.6 cm³/mol. The molecule has 2 heterocycles. The first-order valence-electron chi connectivity index (χ1n) is 7.83. The highest BCUT2D eigenvalue weighted by molar-refractivity contribution is 6.32. The van der Waals surface area contributed by atoms with Crippen molar-refractivity contribution in [2.45, 2.75) is 38.8 Å². The maximum absolute atomic E-state index is 12.2. The molecule has 0 aliphatic carbocycles. The highest BCUT2D eigenvalue weighted by Crippen LogP contribution is 2.37. The maximum Gasteiger partial charge on any atom is 0.220 e. The first-order valence-corrected chi connectivity index (χ1v) is 8.21. The Balaban J connectivity index is 1.55. The number of carbonyl (C=O) groups is 1. The van der Waals surface area contributed by atoms with Crippen LogP contribution in [0.15, 0.2) is 30.6 Å². The number of para-hydroxylation sites is 1. The monoisotopic (exact) mass is 333 g/mol. The number of amides is 1. The molecular weight excluding hydrogens is 314 g/mol. The average Bonchev–Trinajstić information content (AvgIpc) is 2.94. The van der Waals surface area contributed by atoms with Gasteiger partial charge in [-0.3, -0.25) is 4.79 Å². The fourth-order valence-corrected chi connectivity index (χ4v) is 3.09. The SMILES string of the molecule is Cc1nccn1CCCC(=O)NC1CCOc2c(Cl)cccc21. The first-order chi connectivity index (χ1) is 11.1. The number of rotatable bonds is 5. The lowest BCUT2D eigenvalue weighted by molar-refractivity contribution is -0.122. The minimum atomic E-state index is -0.0278. The van der Waals surface area contributed by atoms with Gasteiger partial charge in [-0.05, 0) is 19.4 Å². The highest BCUT2D eigenvalue weighted by Gasteiger charge is 2.24. The molecule has 0 saturated carbocycles. The van der Waals surface area contributed by atoms with Crippen LogP contribution in [-0.2, 0) is 11.3 Å². The normalized spacial score (nSPS) is 16.5. The number of benzene rings is 1. The maximum atomic E-state index is 12.2. The first kappa shape index (κ1) is 15.9. The number of hydrogen-bond donors (Lipinski definition) is 1.